The second kappa shape index (κ2) is 3.62. The van der Waals surface area contributed by atoms with Crippen LogP contribution in [0.4, 0.5) is 4.39 Å². The van der Waals surface area contributed by atoms with Crippen LogP contribution in [0.5, 0.6) is 0 Å². The number of rotatable bonds is 1. The van der Waals surface area contributed by atoms with E-state index in [4.69, 9.17) is 0 Å². The fourth-order valence-corrected chi connectivity index (χ4v) is 1.85. The van der Waals surface area contributed by atoms with Crippen LogP contribution in [-0.4, -0.2) is 23.9 Å². The van der Waals surface area contributed by atoms with Gasteiger partial charge in [-0.15, -0.1) is 0 Å². The van der Waals surface area contributed by atoms with Crippen LogP contribution in [0.2, 0.25) is 0 Å². The lowest BCUT2D eigenvalue weighted by atomic mass is 10.1. The quantitative estimate of drug-likeness (QED) is 0.754. The molecule has 1 aromatic rings. The van der Waals surface area contributed by atoms with E-state index in [1.165, 1.54) is 12.1 Å². The van der Waals surface area contributed by atoms with E-state index in [9.17, 15) is 9.18 Å². The van der Waals surface area contributed by atoms with Crippen molar-refractivity contribution in [2.75, 3.05) is 7.05 Å². The van der Waals surface area contributed by atoms with Crippen molar-refractivity contribution in [2.24, 2.45) is 0 Å². The van der Waals surface area contributed by atoms with E-state index in [-0.39, 0.29) is 23.9 Å². The molecule has 0 aromatic heterocycles. The Bertz CT molecular complexity index is 394. The first-order valence-corrected chi connectivity index (χ1v) is 4.88. The maximum atomic E-state index is 13.0. The highest BCUT2D eigenvalue weighted by Crippen LogP contribution is 2.23. The number of nitrogens with zero attached hydrogens (tertiary/aromatic N) is 1. The summed E-state index contributed by atoms with van der Waals surface area (Å²) in [6.45, 7) is 1.80. The lowest BCUT2D eigenvalue weighted by Gasteiger charge is -2.19. The fraction of sp³-hybridized carbons (Fsp3) is 0.364. The normalized spacial score (nSPS) is 26.1. The molecule has 1 heterocycles. The molecule has 0 spiro atoms. The topological polar surface area (TPSA) is 32.3 Å². The summed E-state index contributed by atoms with van der Waals surface area (Å²) < 4.78 is 13.0. The number of nitrogens with one attached hydrogen (secondary N) is 1. The number of hydrogen-bond acceptors (Lipinski definition) is 2. The van der Waals surface area contributed by atoms with Crippen LogP contribution < -0.4 is 5.32 Å². The van der Waals surface area contributed by atoms with Gasteiger partial charge in [-0.05, 0) is 24.6 Å². The lowest BCUT2D eigenvalue weighted by Crippen LogP contribution is -2.25. The molecule has 4 heteroatoms. The Balaban J connectivity index is 2.29. The van der Waals surface area contributed by atoms with E-state index in [2.05, 4.69) is 5.32 Å². The molecule has 0 bridgehead atoms. The van der Waals surface area contributed by atoms with Gasteiger partial charge in [0.15, 0.2) is 0 Å². The number of amides is 1. The molecule has 0 saturated carbocycles. The third-order valence-electron chi connectivity index (χ3n) is 2.68. The smallest absolute Gasteiger partial charge is 0.240 e. The van der Waals surface area contributed by atoms with Gasteiger partial charge >= 0.3 is 0 Å². The van der Waals surface area contributed by atoms with Gasteiger partial charge < -0.3 is 4.90 Å². The number of benzene rings is 1. The molecule has 3 nitrogen and oxygen atoms in total. The van der Waals surface area contributed by atoms with Crippen molar-refractivity contribution >= 4 is 5.91 Å². The minimum atomic E-state index is -0.283. The first-order valence-electron chi connectivity index (χ1n) is 4.88. The van der Waals surface area contributed by atoms with E-state index in [1.807, 2.05) is 6.07 Å². The monoisotopic (exact) mass is 208 g/mol. The highest BCUT2D eigenvalue weighted by Gasteiger charge is 2.34. The summed E-state index contributed by atoms with van der Waals surface area (Å²) >= 11 is 0. The van der Waals surface area contributed by atoms with E-state index < -0.39 is 0 Å². The third-order valence-corrected chi connectivity index (χ3v) is 2.68. The summed E-state index contributed by atoms with van der Waals surface area (Å²) in [5.41, 5.74) is 0.773. The third kappa shape index (κ3) is 1.72. The van der Waals surface area contributed by atoms with E-state index in [0.717, 1.165) is 5.56 Å². The van der Waals surface area contributed by atoms with Gasteiger partial charge in [0.05, 0.1) is 6.04 Å². The molecule has 1 N–H and O–H groups in total. The van der Waals surface area contributed by atoms with Crippen LogP contribution >= 0.6 is 0 Å². The number of halogens is 1. The summed E-state index contributed by atoms with van der Waals surface area (Å²) in [6, 6.07) is 6.09. The summed E-state index contributed by atoms with van der Waals surface area (Å²) in [6.07, 6.45) is -0.219. The lowest BCUT2D eigenvalue weighted by molar-refractivity contribution is -0.128. The molecule has 2 unspecified atom stereocenters. The highest BCUT2D eigenvalue weighted by molar-refractivity contribution is 5.83. The summed E-state index contributed by atoms with van der Waals surface area (Å²) in [5.74, 6) is -0.251. The average Bonchev–Trinajstić information content (AvgIpc) is 2.46. The van der Waals surface area contributed by atoms with E-state index in [0.29, 0.717) is 0 Å². The highest BCUT2D eigenvalue weighted by atomic mass is 19.1. The van der Waals surface area contributed by atoms with Gasteiger partial charge in [-0.1, -0.05) is 12.1 Å². The Morgan fingerprint density at radius 3 is 2.73 bits per heavy atom. The maximum Gasteiger partial charge on any atom is 0.240 e. The molecule has 2 rings (SSSR count). The molecule has 1 aliphatic rings. The van der Waals surface area contributed by atoms with E-state index in [1.54, 1.807) is 24.9 Å². The molecule has 15 heavy (non-hydrogen) atoms. The van der Waals surface area contributed by atoms with Crippen molar-refractivity contribution < 1.29 is 9.18 Å². The summed E-state index contributed by atoms with van der Waals surface area (Å²) in [5, 5.41) is 3.11. The number of carbonyl (C=O) groups is 1. The van der Waals surface area contributed by atoms with Crippen molar-refractivity contribution in [3.8, 4) is 0 Å². The van der Waals surface area contributed by atoms with Gasteiger partial charge in [0.1, 0.15) is 12.0 Å². The summed E-state index contributed by atoms with van der Waals surface area (Å²) in [4.78, 5) is 13.1. The molecular formula is C11H13FN2O. The zero-order chi connectivity index (χ0) is 11.0. The number of likely N-dealkylation sites (N-methyl/N-ethyl adjacent to an activating group) is 1. The molecular weight excluding hydrogens is 195 g/mol. The van der Waals surface area contributed by atoms with Gasteiger partial charge in [-0.2, -0.15) is 0 Å². The van der Waals surface area contributed by atoms with Crippen molar-refractivity contribution in [2.45, 2.75) is 19.1 Å². The molecule has 80 valence electrons. The predicted octanol–water partition coefficient (Wildman–Crippen LogP) is 1.27. The largest absolute Gasteiger partial charge is 0.325 e. The second-order valence-corrected chi connectivity index (χ2v) is 3.80. The van der Waals surface area contributed by atoms with Crippen LogP contribution in [-0.2, 0) is 4.79 Å². The molecule has 1 aliphatic heterocycles. The standard InChI is InChI=1S/C11H13FN2O/c1-7-11(15)14(2)10(13-7)8-4-3-5-9(12)6-8/h3-7,10,13H,1-2H3. The van der Waals surface area contributed by atoms with Crippen molar-refractivity contribution in [3.63, 3.8) is 0 Å². The Hall–Kier alpha value is -1.42. The first-order chi connectivity index (χ1) is 7.09. The SMILES string of the molecule is CC1NC(c2cccc(F)c2)N(C)C1=O. The first kappa shape index (κ1) is 10.1. The summed E-state index contributed by atoms with van der Waals surface area (Å²) in [7, 11) is 1.72. The van der Waals surface area contributed by atoms with Crippen LogP contribution in [0, 0.1) is 5.82 Å². The van der Waals surface area contributed by atoms with Gasteiger partial charge in [0, 0.05) is 7.05 Å². The number of carbonyl (C=O) groups excluding carboxylic acids is 1. The molecule has 2 atom stereocenters. The maximum absolute atomic E-state index is 13.0. The van der Waals surface area contributed by atoms with Crippen LogP contribution in [0.1, 0.15) is 18.7 Å². The molecule has 0 radical (unpaired) electrons. The molecule has 1 amide bonds. The minimum absolute atomic E-state index is 0.0317. The van der Waals surface area contributed by atoms with Gasteiger partial charge in [0.2, 0.25) is 5.91 Å². The Morgan fingerprint density at radius 1 is 1.47 bits per heavy atom. The average molecular weight is 208 g/mol. The van der Waals surface area contributed by atoms with Gasteiger partial charge in [-0.3, -0.25) is 10.1 Å². The molecule has 1 aromatic carbocycles. The number of hydrogen-bond donors (Lipinski definition) is 1. The zero-order valence-electron chi connectivity index (χ0n) is 8.70. The van der Waals surface area contributed by atoms with Crippen LogP contribution in [0.25, 0.3) is 0 Å². The Kier molecular flexibility index (Phi) is 2.44. The van der Waals surface area contributed by atoms with Gasteiger partial charge in [-0.25, -0.2) is 4.39 Å². The molecule has 0 aliphatic carbocycles. The molecule has 1 fully saturated rings. The second-order valence-electron chi connectivity index (χ2n) is 3.80. The van der Waals surface area contributed by atoms with Crippen molar-refractivity contribution in [1.82, 2.24) is 10.2 Å². The van der Waals surface area contributed by atoms with Crippen LogP contribution in [0.15, 0.2) is 24.3 Å². The Labute approximate surface area is 87.9 Å². The Morgan fingerprint density at radius 2 is 2.20 bits per heavy atom. The van der Waals surface area contributed by atoms with Crippen molar-refractivity contribution in [3.05, 3.63) is 35.6 Å². The molecule has 1 saturated heterocycles. The van der Waals surface area contributed by atoms with Crippen molar-refractivity contribution in [1.29, 1.82) is 0 Å². The van der Waals surface area contributed by atoms with Crippen LogP contribution in [0.3, 0.4) is 0 Å². The predicted molar refractivity (Wildman–Crippen MR) is 54.5 cm³/mol. The fourth-order valence-electron chi connectivity index (χ4n) is 1.85. The van der Waals surface area contributed by atoms with Gasteiger partial charge in [0.25, 0.3) is 0 Å². The zero-order valence-corrected chi connectivity index (χ0v) is 8.70. The van der Waals surface area contributed by atoms with E-state index >= 15 is 0 Å². The minimum Gasteiger partial charge on any atom is -0.325 e.